The topological polar surface area (TPSA) is 66.1 Å². The monoisotopic (exact) mass is 301 g/mol. The number of rotatable bonds is 2. The Balaban J connectivity index is 1.93. The van der Waals surface area contributed by atoms with Crippen molar-refractivity contribution in [3.63, 3.8) is 0 Å². The summed E-state index contributed by atoms with van der Waals surface area (Å²) in [6.45, 7) is 0.579. The van der Waals surface area contributed by atoms with Crippen LogP contribution in [0.5, 0.6) is 0 Å². The Morgan fingerprint density at radius 1 is 1.27 bits per heavy atom. The highest BCUT2D eigenvalue weighted by Gasteiger charge is 2.29. The molecule has 1 amide bonds. The lowest BCUT2D eigenvalue weighted by molar-refractivity contribution is 0.0609. The zero-order valence-corrected chi connectivity index (χ0v) is 12.0. The van der Waals surface area contributed by atoms with Gasteiger partial charge in [0.25, 0.3) is 11.5 Å². The average Bonchev–Trinajstić information content (AvgIpc) is 2.55. The number of aromatic amines is 1. The fourth-order valence-corrected chi connectivity index (χ4v) is 2.86. The number of hydrogen-bond acceptors (Lipinski definition) is 3. The first kappa shape index (κ1) is 14.4. The number of nitrogens with one attached hydrogen (secondary N) is 1. The molecule has 1 aromatic carbocycles. The summed E-state index contributed by atoms with van der Waals surface area (Å²) in [6.07, 6.45) is 5.23. The number of hydrogen-bond donors (Lipinski definition) is 1. The fraction of sp³-hybridized carbons (Fsp3) is 0.312. The number of piperidine rings is 1. The standard InChI is InChI=1S/C16H16FN3O2/c17-12-6-4-11(5-7-12)14-3-1-2-8-20(14)16(22)13-9-18-10-19-15(13)21/h4-7,9-10,14H,1-3,8H2,(H,18,19,21)/t14-/m1/s1. The summed E-state index contributed by atoms with van der Waals surface area (Å²) in [6, 6.07) is 6.03. The summed E-state index contributed by atoms with van der Waals surface area (Å²) in [7, 11) is 0. The molecule has 1 aliphatic rings. The molecular formula is C16H16FN3O2. The van der Waals surface area contributed by atoms with Crippen LogP contribution in [0.15, 0.2) is 41.6 Å². The molecule has 1 aliphatic heterocycles. The van der Waals surface area contributed by atoms with Gasteiger partial charge in [0.05, 0.1) is 12.4 Å². The molecule has 3 rings (SSSR count). The van der Waals surface area contributed by atoms with Crippen molar-refractivity contribution in [1.29, 1.82) is 0 Å². The van der Waals surface area contributed by atoms with E-state index in [-0.39, 0.29) is 23.3 Å². The second kappa shape index (κ2) is 6.09. The molecule has 1 N–H and O–H groups in total. The quantitative estimate of drug-likeness (QED) is 0.925. The number of carbonyl (C=O) groups is 1. The molecule has 5 nitrogen and oxygen atoms in total. The third-order valence-corrected chi connectivity index (χ3v) is 3.97. The van der Waals surface area contributed by atoms with Crippen molar-refractivity contribution in [3.8, 4) is 0 Å². The summed E-state index contributed by atoms with van der Waals surface area (Å²) >= 11 is 0. The lowest BCUT2D eigenvalue weighted by atomic mass is 9.94. The molecule has 1 atom stereocenters. The van der Waals surface area contributed by atoms with Crippen LogP contribution in [-0.4, -0.2) is 27.3 Å². The molecule has 114 valence electrons. The molecule has 2 heterocycles. The first-order chi connectivity index (χ1) is 10.7. The number of amides is 1. The van der Waals surface area contributed by atoms with E-state index in [4.69, 9.17) is 0 Å². The summed E-state index contributed by atoms with van der Waals surface area (Å²) in [5.41, 5.74) is 0.481. The van der Waals surface area contributed by atoms with E-state index in [1.54, 1.807) is 17.0 Å². The molecule has 0 unspecified atom stereocenters. The number of nitrogens with zero attached hydrogens (tertiary/aromatic N) is 2. The number of likely N-dealkylation sites (tertiary alicyclic amines) is 1. The number of H-pyrrole nitrogens is 1. The zero-order chi connectivity index (χ0) is 15.5. The molecule has 0 aliphatic carbocycles. The van der Waals surface area contributed by atoms with Crippen LogP contribution in [0.4, 0.5) is 4.39 Å². The summed E-state index contributed by atoms with van der Waals surface area (Å²) in [5, 5.41) is 0. The van der Waals surface area contributed by atoms with Crippen molar-refractivity contribution in [3.05, 3.63) is 64.1 Å². The largest absolute Gasteiger partial charge is 0.331 e. The molecule has 0 saturated carbocycles. The third kappa shape index (κ3) is 2.77. The van der Waals surface area contributed by atoms with E-state index in [1.165, 1.54) is 24.7 Å². The smallest absolute Gasteiger partial charge is 0.263 e. The lowest BCUT2D eigenvalue weighted by Crippen LogP contribution is -2.40. The van der Waals surface area contributed by atoms with E-state index in [0.29, 0.717) is 6.54 Å². The summed E-state index contributed by atoms with van der Waals surface area (Å²) in [5.74, 6) is -0.635. The zero-order valence-electron chi connectivity index (χ0n) is 12.0. The van der Waals surface area contributed by atoms with Crippen LogP contribution in [-0.2, 0) is 0 Å². The summed E-state index contributed by atoms with van der Waals surface area (Å²) < 4.78 is 13.1. The van der Waals surface area contributed by atoms with Gasteiger partial charge in [-0.05, 0) is 37.0 Å². The van der Waals surface area contributed by atoms with Crippen molar-refractivity contribution in [2.45, 2.75) is 25.3 Å². The van der Waals surface area contributed by atoms with E-state index >= 15 is 0 Å². The predicted octanol–water partition coefficient (Wildman–Crippen LogP) is 2.28. The van der Waals surface area contributed by atoms with Crippen molar-refractivity contribution in [1.82, 2.24) is 14.9 Å². The van der Waals surface area contributed by atoms with Crippen LogP contribution in [0.25, 0.3) is 0 Å². The Bertz CT molecular complexity index is 727. The molecular weight excluding hydrogens is 285 g/mol. The van der Waals surface area contributed by atoms with Gasteiger partial charge in [0, 0.05) is 12.7 Å². The molecule has 22 heavy (non-hydrogen) atoms. The number of carbonyl (C=O) groups excluding carboxylic acids is 1. The minimum absolute atomic E-state index is 0.0384. The predicted molar refractivity (Wildman–Crippen MR) is 78.9 cm³/mol. The summed E-state index contributed by atoms with van der Waals surface area (Å²) in [4.78, 5) is 32.4. The Kier molecular flexibility index (Phi) is 4.00. The van der Waals surface area contributed by atoms with Gasteiger partial charge in [-0.1, -0.05) is 12.1 Å². The Morgan fingerprint density at radius 3 is 2.77 bits per heavy atom. The minimum atomic E-state index is -0.441. The van der Waals surface area contributed by atoms with Crippen LogP contribution >= 0.6 is 0 Å². The van der Waals surface area contributed by atoms with Crippen LogP contribution in [0.3, 0.4) is 0 Å². The van der Waals surface area contributed by atoms with E-state index in [1.807, 2.05) is 0 Å². The molecule has 1 aromatic heterocycles. The van der Waals surface area contributed by atoms with Gasteiger partial charge in [-0.2, -0.15) is 0 Å². The van der Waals surface area contributed by atoms with Gasteiger partial charge in [-0.15, -0.1) is 0 Å². The van der Waals surface area contributed by atoms with E-state index in [9.17, 15) is 14.0 Å². The van der Waals surface area contributed by atoms with Crippen LogP contribution in [0.1, 0.15) is 41.2 Å². The lowest BCUT2D eigenvalue weighted by Gasteiger charge is -2.36. The van der Waals surface area contributed by atoms with Crippen LogP contribution in [0.2, 0.25) is 0 Å². The Labute approximate surface area is 126 Å². The molecule has 2 aromatic rings. The maximum absolute atomic E-state index is 13.1. The average molecular weight is 301 g/mol. The van der Waals surface area contributed by atoms with E-state index in [0.717, 1.165) is 24.8 Å². The maximum atomic E-state index is 13.1. The van der Waals surface area contributed by atoms with Gasteiger partial charge in [-0.25, -0.2) is 9.37 Å². The van der Waals surface area contributed by atoms with Crippen molar-refractivity contribution in [2.75, 3.05) is 6.54 Å². The molecule has 0 radical (unpaired) electrons. The fourth-order valence-electron chi connectivity index (χ4n) is 2.86. The second-order valence-corrected chi connectivity index (χ2v) is 5.36. The molecule has 6 heteroatoms. The van der Waals surface area contributed by atoms with Crippen molar-refractivity contribution >= 4 is 5.91 Å². The number of benzene rings is 1. The second-order valence-electron chi connectivity index (χ2n) is 5.36. The van der Waals surface area contributed by atoms with Crippen LogP contribution in [0, 0.1) is 5.82 Å². The molecule has 1 saturated heterocycles. The van der Waals surface area contributed by atoms with Crippen molar-refractivity contribution < 1.29 is 9.18 Å². The van der Waals surface area contributed by atoms with Gasteiger partial charge >= 0.3 is 0 Å². The minimum Gasteiger partial charge on any atom is -0.331 e. The first-order valence-electron chi connectivity index (χ1n) is 7.26. The van der Waals surface area contributed by atoms with E-state index < -0.39 is 5.56 Å². The molecule has 0 spiro atoms. The highest BCUT2D eigenvalue weighted by atomic mass is 19.1. The Hall–Kier alpha value is -2.50. The maximum Gasteiger partial charge on any atom is 0.263 e. The number of aromatic nitrogens is 2. The number of halogens is 1. The SMILES string of the molecule is O=C(c1cnc[nH]c1=O)N1CCCC[C@@H]1c1ccc(F)cc1. The normalized spacial score (nSPS) is 18.2. The van der Waals surface area contributed by atoms with Gasteiger partial charge in [0.1, 0.15) is 11.4 Å². The third-order valence-electron chi connectivity index (χ3n) is 3.97. The van der Waals surface area contributed by atoms with Gasteiger partial charge < -0.3 is 9.88 Å². The van der Waals surface area contributed by atoms with Gasteiger partial charge in [0.2, 0.25) is 0 Å². The molecule has 1 fully saturated rings. The van der Waals surface area contributed by atoms with E-state index in [2.05, 4.69) is 9.97 Å². The van der Waals surface area contributed by atoms with Crippen molar-refractivity contribution in [2.24, 2.45) is 0 Å². The molecule has 0 bridgehead atoms. The van der Waals surface area contributed by atoms with Crippen LogP contribution < -0.4 is 5.56 Å². The Morgan fingerprint density at radius 2 is 2.05 bits per heavy atom. The highest BCUT2D eigenvalue weighted by Crippen LogP contribution is 2.31. The first-order valence-corrected chi connectivity index (χ1v) is 7.26. The van der Waals surface area contributed by atoms with Gasteiger partial charge in [0.15, 0.2) is 0 Å². The van der Waals surface area contributed by atoms with Gasteiger partial charge in [-0.3, -0.25) is 9.59 Å². The highest BCUT2D eigenvalue weighted by molar-refractivity contribution is 5.93.